The van der Waals surface area contributed by atoms with E-state index in [2.05, 4.69) is 20.9 Å². The molecule has 2 aliphatic rings. The van der Waals surface area contributed by atoms with E-state index in [1.807, 2.05) is 54.6 Å². The largest absolute Gasteiger partial charge is 0.439 e. The van der Waals surface area contributed by atoms with Gasteiger partial charge in [0.1, 0.15) is 9.71 Å². The molecule has 1 fully saturated rings. The third-order valence-corrected chi connectivity index (χ3v) is 8.40. The normalized spacial score (nSPS) is 16.1. The molecule has 3 N–H and O–H groups in total. The Balaban J connectivity index is 1.24. The Morgan fingerprint density at radius 1 is 1.10 bits per heavy atom. The molecule has 12 heteroatoms. The number of amides is 5. The monoisotopic (exact) mass is 584 g/mol. The van der Waals surface area contributed by atoms with Gasteiger partial charge in [-0.15, -0.1) is 11.3 Å². The molecule has 1 unspecified atom stereocenters. The fourth-order valence-electron chi connectivity index (χ4n) is 5.32. The molecule has 0 radical (unpaired) electrons. The highest BCUT2D eigenvalue weighted by atomic mass is 32.1. The number of thiophene rings is 1. The predicted molar refractivity (Wildman–Crippen MR) is 160 cm³/mol. The van der Waals surface area contributed by atoms with Gasteiger partial charge in [0, 0.05) is 32.4 Å². The first-order chi connectivity index (χ1) is 20.4. The molecule has 0 aliphatic carbocycles. The summed E-state index contributed by atoms with van der Waals surface area (Å²) in [6.45, 7) is 0.441. The van der Waals surface area contributed by atoms with Crippen molar-refractivity contribution < 1.29 is 23.9 Å². The summed E-state index contributed by atoms with van der Waals surface area (Å²) in [5.41, 5.74) is 3.77. The first-order valence-electron chi connectivity index (χ1n) is 13.5. The average Bonchev–Trinajstić information content (AvgIpc) is 3.39. The van der Waals surface area contributed by atoms with E-state index < -0.39 is 6.09 Å². The minimum Gasteiger partial charge on any atom is -0.439 e. The standard InChI is InChI=1S/C30H28N6O5S/c1-31-30(40)41-17-23(37)35-14-6-10-20(16-35)33-27(38)26-25-24-22(12-13-32-28(24)42-26)36(29(39)34-25)21-11-5-9-19(15-21)18-7-3-2-4-8-18/h2-5,7-9,11-13,15,20H,6,10,14,16-17H2,1H3,(H,31,40)(H,33,38)(H,34,39). The molecule has 11 nitrogen and oxygen atoms in total. The lowest BCUT2D eigenvalue weighted by molar-refractivity contribution is -0.135. The van der Waals surface area contributed by atoms with Crippen molar-refractivity contribution in [3.05, 3.63) is 71.7 Å². The maximum atomic E-state index is 13.5. The lowest BCUT2D eigenvalue weighted by Gasteiger charge is -2.33. The Morgan fingerprint density at radius 3 is 2.71 bits per heavy atom. The molecular formula is C30H28N6O5S. The molecule has 1 atom stereocenters. The van der Waals surface area contributed by atoms with Crippen LogP contribution in [0, 0.1) is 0 Å². The Labute approximate surface area is 245 Å². The van der Waals surface area contributed by atoms with Crippen LogP contribution in [0.4, 0.5) is 26.7 Å². The molecule has 4 heterocycles. The highest BCUT2D eigenvalue weighted by Crippen LogP contribution is 2.46. The number of hydrogen-bond donors (Lipinski definition) is 3. The zero-order valence-corrected chi connectivity index (χ0v) is 23.6. The molecular weight excluding hydrogens is 556 g/mol. The maximum absolute atomic E-state index is 13.5. The van der Waals surface area contributed by atoms with Crippen LogP contribution < -0.4 is 20.9 Å². The number of alkyl carbamates (subject to hydrolysis) is 1. The Hall–Kier alpha value is -4.97. The Bertz CT molecular complexity index is 1690. The number of piperidine rings is 1. The summed E-state index contributed by atoms with van der Waals surface area (Å²) < 4.78 is 4.88. The van der Waals surface area contributed by atoms with Gasteiger partial charge in [-0.3, -0.25) is 14.5 Å². The number of rotatable bonds is 6. The fraction of sp³-hybridized carbons (Fsp3) is 0.233. The summed E-state index contributed by atoms with van der Waals surface area (Å²) in [4.78, 5) is 59.5. The highest BCUT2D eigenvalue weighted by Gasteiger charge is 2.34. The van der Waals surface area contributed by atoms with E-state index >= 15 is 0 Å². The van der Waals surface area contributed by atoms with Gasteiger partial charge in [-0.25, -0.2) is 14.6 Å². The lowest BCUT2D eigenvalue weighted by Crippen LogP contribution is -2.50. The summed E-state index contributed by atoms with van der Waals surface area (Å²) in [7, 11) is 1.42. The van der Waals surface area contributed by atoms with E-state index in [0.717, 1.165) is 11.1 Å². The number of nitrogens with one attached hydrogen (secondary N) is 3. The highest BCUT2D eigenvalue weighted by molar-refractivity contribution is 7.21. The van der Waals surface area contributed by atoms with Crippen molar-refractivity contribution in [2.45, 2.75) is 18.9 Å². The van der Waals surface area contributed by atoms with E-state index in [9.17, 15) is 19.2 Å². The van der Waals surface area contributed by atoms with E-state index in [-0.39, 0.29) is 30.5 Å². The van der Waals surface area contributed by atoms with E-state index in [0.29, 0.717) is 58.1 Å². The van der Waals surface area contributed by atoms with Gasteiger partial charge in [-0.1, -0.05) is 42.5 Å². The molecule has 6 rings (SSSR count). The number of carbonyl (C=O) groups excluding carboxylic acids is 4. The molecule has 0 bridgehead atoms. The third kappa shape index (κ3) is 5.23. The topological polar surface area (TPSA) is 133 Å². The summed E-state index contributed by atoms with van der Waals surface area (Å²) in [5.74, 6) is -0.674. The molecule has 214 valence electrons. The number of pyridine rings is 1. The molecule has 4 aromatic rings. The van der Waals surface area contributed by atoms with Crippen molar-refractivity contribution >= 4 is 62.6 Å². The minimum absolute atomic E-state index is 0.295. The number of likely N-dealkylation sites (tertiary alicyclic amines) is 1. The van der Waals surface area contributed by atoms with Gasteiger partial charge >= 0.3 is 12.1 Å². The molecule has 2 aliphatic heterocycles. The first-order valence-corrected chi connectivity index (χ1v) is 14.4. The number of aromatic nitrogens is 1. The van der Waals surface area contributed by atoms with Crippen LogP contribution >= 0.6 is 11.3 Å². The lowest BCUT2D eigenvalue weighted by atomic mass is 10.0. The van der Waals surface area contributed by atoms with Crippen LogP contribution in [0.5, 0.6) is 0 Å². The predicted octanol–water partition coefficient (Wildman–Crippen LogP) is 4.72. The van der Waals surface area contributed by atoms with Crippen LogP contribution in [0.3, 0.4) is 0 Å². The summed E-state index contributed by atoms with van der Waals surface area (Å²) in [5, 5.41) is 8.96. The minimum atomic E-state index is -0.679. The molecule has 2 aromatic carbocycles. The van der Waals surface area contributed by atoms with Crippen molar-refractivity contribution in [1.29, 1.82) is 0 Å². The van der Waals surface area contributed by atoms with Gasteiger partial charge in [0.2, 0.25) is 0 Å². The zero-order chi connectivity index (χ0) is 29.2. The van der Waals surface area contributed by atoms with Crippen molar-refractivity contribution in [1.82, 2.24) is 20.5 Å². The van der Waals surface area contributed by atoms with Crippen LogP contribution in [0.1, 0.15) is 22.5 Å². The number of ether oxygens (including phenoxy) is 1. The maximum Gasteiger partial charge on any atom is 0.407 e. The Morgan fingerprint density at radius 2 is 1.90 bits per heavy atom. The quantitative estimate of drug-likeness (QED) is 0.300. The summed E-state index contributed by atoms with van der Waals surface area (Å²) in [6, 6.07) is 18.8. The van der Waals surface area contributed by atoms with Gasteiger partial charge < -0.3 is 25.6 Å². The number of urea groups is 1. The number of anilines is 3. The van der Waals surface area contributed by atoms with Gasteiger partial charge in [-0.05, 0) is 42.2 Å². The van der Waals surface area contributed by atoms with E-state index in [1.54, 1.807) is 22.1 Å². The van der Waals surface area contributed by atoms with E-state index in [4.69, 9.17) is 4.74 Å². The number of hydrogen-bond acceptors (Lipinski definition) is 7. The first kappa shape index (κ1) is 27.2. The van der Waals surface area contributed by atoms with Crippen molar-refractivity contribution in [2.24, 2.45) is 0 Å². The van der Waals surface area contributed by atoms with Crippen LogP contribution in [0.15, 0.2) is 66.9 Å². The van der Waals surface area contributed by atoms with Gasteiger partial charge in [0.15, 0.2) is 6.61 Å². The van der Waals surface area contributed by atoms with Crippen LogP contribution in [-0.2, 0) is 9.53 Å². The third-order valence-electron chi connectivity index (χ3n) is 7.30. The van der Waals surface area contributed by atoms with Gasteiger partial charge in [0.05, 0.1) is 22.4 Å². The van der Waals surface area contributed by atoms with Crippen LogP contribution in [-0.4, -0.2) is 66.6 Å². The summed E-state index contributed by atoms with van der Waals surface area (Å²) in [6.07, 6.45) is 2.34. The van der Waals surface area contributed by atoms with Gasteiger partial charge in [0.25, 0.3) is 11.8 Å². The molecule has 5 amide bonds. The van der Waals surface area contributed by atoms with Crippen molar-refractivity contribution in [3.8, 4) is 11.1 Å². The molecule has 0 saturated carbocycles. The fourth-order valence-corrected chi connectivity index (χ4v) is 6.34. The number of carbonyl (C=O) groups is 4. The average molecular weight is 585 g/mol. The molecule has 1 saturated heterocycles. The smallest absolute Gasteiger partial charge is 0.407 e. The van der Waals surface area contributed by atoms with Gasteiger partial charge in [-0.2, -0.15) is 0 Å². The second kappa shape index (κ2) is 11.5. The van der Waals surface area contributed by atoms with Crippen molar-refractivity contribution in [3.63, 3.8) is 0 Å². The zero-order valence-electron chi connectivity index (χ0n) is 22.8. The molecule has 2 aromatic heterocycles. The Kier molecular flexibility index (Phi) is 7.44. The second-order valence-corrected chi connectivity index (χ2v) is 11.0. The van der Waals surface area contributed by atoms with E-state index in [1.165, 1.54) is 18.4 Å². The molecule has 0 spiro atoms. The van der Waals surface area contributed by atoms with Crippen LogP contribution in [0.25, 0.3) is 21.3 Å². The second-order valence-electron chi connectivity index (χ2n) is 9.98. The van der Waals surface area contributed by atoms with Crippen LogP contribution in [0.2, 0.25) is 0 Å². The van der Waals surface area contributed by atoms with Crippen molar-refractivity contribution in [2.75, 3.05) is 37.0 Å². The number of benzene rings is 2. The SMILES string of the molecule is CNC(=O)OCC(=O)N1CCCC(NC(=O)c2sc3nccc4c3c2NC(=O)N4c2cccc(-c3ccccc3)c2)C1. The number of nitrogens with zero attached hydrogens (tertiary/aromatic N) is 3. The summed E-state index contributed by atoms with van der Waals surface area (Å²) >= 11 is 1.21. The molecule has 42 heavy (non-hydrogen) atoms.